The molecule has 0 saturated heterocycles. The average Bonchev–Trinajstić information content (AvgIpc) is 2.59. The number of carbonyl (C=O) groups is 2. The number of aromatic nitrogens is 1. The van der Waals surface area contributed by atoms with Gasteiger partial charge >= 0.3 is 5.97 Å². The molecule has 1 aromatic heterocycles. The minimum atomic E-state index is -0.549. The van der Waals surface area contributed by atoms with Crippen LogP contribution in [0.2, 0.25) is 0 Å². The smallest absolute Gasteiger partial charge is 0.340 e. The van der Waals surface area contributed by atoms with Crippen molar-refractivity contribution >= 4 is 22.5 Å². The van der Waals surface area contributed by atoms with E-state index >= 15 is 0 Å². The molecule has 0 spiro atoms. The van der Waals surface area contributed by atoms with Crippen LogP contribution in [0.1, 0.15) is 26.4 Å². The summed E-state index contributed by atoms with van der Waals surface area (Å²) in [6, 6.07) is 16.6. The molecule has 0 aliphatic heterocycles. The second-order valence-corrected chi connectivity index (χ2v) is 5.25. The Hall–Kier alpha value is -3.01. The van der Waals surface area contributed by atoms with Gasteiger partial charge in [-0.25, -0.2) is 4.79 Å². The Bertz CT molecular complexity index is 869. The van der Waals surface area contributed by atoms with Crippen LogP contribution in [0.4, 0.5) is 0 Å². The predicted octanol–water partition coefficient (Wildman–Crippen LogP) is 3.58. The van der Waals surface area contributed by atoms with Crippen LogP contribution in [-0.4, -0.2) is 23.3 Å². The van der Waals surface area contributed by atoms with Gasteiger partial charge in [0.25, 0.3) is 0 Å². The Morgan fingerprint density at radius 3 is 2.43 bits per heavy atom. The molecule has 3 aromatic rings. The Morgan fingerprint density at radius 1 is 0.957 bits per heavy atom. The molecule has 0 aliphatic rings. The van der Waals surface area contributed by atoms with Gasteiger partial charge in [-0.2, -0.15) is 0 Å². The van der Waals surface area contributed by atoms with Crippen LogP contribution < -0.4 is 0 Å². The number of benzene rings is 2. The molecular formula is C19H15NO3. The lowest BCUT2D eigenvalue weighted by molar-refractivity contribution is 0.0474. The van der Waals surface area contributed by atoms with Gasteiger partial charge in [0, 0.05) is 17.5 Å². The monoisotopic (exact) mass is 305 g/mol. The number of ketones is 1. The van der Waals surface area contributed by atoms with Crippen molar-refractivity contribution in [1.29, 1.82) is 0 Å². The Kier molecular flexibility index (Phi) is 4.15. The summed E-state index contributed by atoms with van der Waals surface area (Å²) in [5.74, 6) is -0.782. The van der Waals surface area contributed by atoms with E-state index < -0.39 is 5.97 Å². The molecule has 3 rings (SSSR count). The zero-order valence-electron chi connectivity index (χ0n) is 12.7. The van der Waals surface area contributed by atoms with E-state index in [4.69, 9.17) is 4.74 Å². The molecule has 0 fully saturated rings. The molecule has 0 unspecified atom stereocenters. The van der Waals surface area contributed by atoms with E-state index in [1.807, 2.05) is 37.3 Å². The SMILES string of the molecule is Cc1ccc(C(=O)OCC(=O)c2ccc3ccccc3c2)cn1. The van der Waals surface area contributed by atoms with Crippen molar-refractivity contribution in [3.8, 4) is 0 Å². The number of nitrogens with zero attached hydrogens (tertiary/aromatic N) is 1. The first-order chi connectivity index (χ1) is 11.1. The summed E-state index contributed by atoms with van der Waals surface area (Å²) < 4.78 is 5.07. The fourth-order valence-electron chi connectivity index (χ4n) is 2.25. The number of rotatable bonds is 4. The van der Waals surface area contributed by atoms with Crippen molar-refractivity contribution < 1.29 is 14.3 Å². The van der Waals surface area contributed by atoms with Crippen molar-refractivity contribution in [1.82, 2.24) is 4.98 Å². The lowest BCUT2D eigenvalue weighted by atomic mass is 10.0. The quantitative estimate of drug-likeness (QED) is 0.546. The molecule has 0 N–H and O–H groups in total. The molecule has 23 heavy (non-hydrogen) atoms. The number of esters is 1. The largest absolute Gasteiger partial charge is 0.454 e. The highest BCUT2D eigenvalue weighted by Gasteiger charge is 2.12. The molecule has 0 atom stereocenters. The third-order valence-electron chi connectivity index (χ3n) is 3.55. The van der Waals surface area contributed by atoms with Crippen LogP contribution in [0, 0.1) is 6.92 Å². The van der Waals surface area contributed by atoms with Crippen molar-refractivity contribution in [2.75, 3.05) is 6.61 Å². The van der Waals surface area contributed by atoms with E-state index in [9.17, 15) is 9.59 Å². The fourth-order valence-corrected chi connectivity index (χ4v) is 2.25. The highest BCUT2D eigenvalue weighted by atomic mass is 16.5. The zero-order valence-corrected chi connectivity index (χ0v) is 12.7. The molecule has 0 amide bonds. The molecule has 0 bridgehead atoms. The second-order valence-electron chi connectivity index (χ2n) is 5.25. The molecule has 114 valence electrons. The molecule has 0 radical (unpaired) electrons. The number of carbonyl (C=O) groups excluding carboxylic acids is 2. The van der Waals surface area contributed by atoms with Gasteiger partial charge in [0.05, 0.1) is 5.56 Å². The number of pyridine rings is 1. The molecule has 0 aliphatic carbocycles. The topological polar surface area (TPSA) is 56.3 Å². The van der Waals surface area contributed by atoms with E-state index in [-0.39, 0.29) is 12.4 Å². The fraction of sp³-hybridized carbons (Fsp3) is 0.105. The maximum absolute atomic E-state index is 12.2. The van der Waals surface area contributed by atoms with Gasteiger partial charge < -0.3 is 4.74 Å². The van der Waals surface area contributed by atoms with E-state index in [1.165, 1.54) is 6.20 Å². The lowest BCUT2D eigenvalue weighted by Crippen LogP contribution is -2.14. The van der Waals surface area contributed by atoms with Crippen molar-refractivity contribution in [2.45, 2.75) is 6.92 Å². The summed E-state index contributed by atoms with van der Waals surface area (Å²) in [6.07, 6.45) is 1.44. The van der Waals surface area contributed by atoms with E-state index in [0.29, 0.717) is 11.1 Å². The van der Waals surface area contributed by atoms with Gasteiger partial charge in [0.15, 0.2) is 12.4 Å². The molecule has 0 saturated carbocycles. The van der Waals surface area contributed by atoms with Crippen molar-refractivity contribution in [3.05, 3.63) is 77.6 Å². The highest BCUT2D eigenvalue weighted by molar-refractivity contribution is 6.02. The zero-order chi connectivity index (χ0) is 16.2. The number of Topliss-reactive ketones (excluding diaryl/α,β-unsaturated/α-hetero) is 1. The van der Waals surface area contributed by atoms with Crippen LogP contribution in [0.25, 0.3) is 10.8 Å². The molecule has 2 aromatic carbocycles. The summed E-state index contributed by atoms with van der Waals surface area (Å²) in [6.45, 7) is 1.55. The highest BCUT2D eigenvalue weighted by Crippen LogP contribution is 2.16. The van der Waals surface area contributed by atoms with Crippen LogP contribution in [-0.2, 0) is 4.74 Å². The Balaban J connectivity index is 1.68. The first-order valence-electron chi connectivity index (χ1n) is 7.25. The van der Waals surface area contributed by atoms with Crippen LogP contribution in [0.3, 0.4) is 0 Å². The minimum absolute atomic E-state index is 0.232. The lowest BCUT2D eigenvalue weighted by Gasteiger charge is -2.05. The number of ether oxygens (including phenoxy) is 1. The normalized spacial score (nSPS) is 10.5. The maximum Gasteiger partial charge on any atom is 0.340 e. The maximum atomic E-state index is 12.2. The van der Waals surface area contributed by atoms with Crippen LogP contribution in [0.5, 0.6) is 0 Å². The Labute approximate surface area is 133 Å². The van der Waals surface area contributed by atoms with Crippen LogP contribution in [0.15, 0.2) is 60.8 Å². The molecular weight excluding hydrogens is 290 g/mol. The standard InChI is InChI=1S/C19H15NO3/c1-13-6-7-17(11-20-13)19(22)23-12-18(21)16-9-8-14-4-2-3-5-15(14)10-16/h2-11H,12H2,1H3. The summed E-state index contributed by atoms with van der Waals surface area (Å²) in [5, 5.41) is 2.04. The summed E-state index contributed by atoms with van der Waals surface area (Å²) in [4.78, 5) is 28.1. The van der Waals surface area contributed by atoms with Crippen molar-refractivity contribution in [2.24, 2.45) is 0 Å². The van der Waals surface area contributed by atoms with E-state index in [2.05, 4.69) is 4.98 Å². The molecule has 1 heterocycles. The first kappa shape index (κ1) is 14.9. The van der Waals surface area contributed by atoms with Crippen LogP contribution >= 0.6 is 0 Å². The number of hydrogen-bond acceptors (Lipinski definition) is 4. The molecule has 4 heteroatoms. The van der Waals surface area contributed by atoms with Gasteiger partial charge in [-0.05, 0) is 35.9 Å². The Morgan fingerprint density at radius 2 is 1.70 bits per heavy atom. The number of aryl methyl sites for hydroxylation is 1. The van der Waals surface area contributed by atoms with Gasteiger partial charge in [0.2, 0.25) is 0 Å². The summed E-state index contributed by atoms with van der Waals surface area (Å²) >= 11 is 0. The van der Waals surface area contributed by atoms with Gasteiger partial charge in [-0.3, -0.25) is 9.78 Å². The third kappa shape index (κ3) is 3.43. The van der Waals surface area contributed by atoms with E-state index in [0.717, 1.165) is 16.5 Å². The first-order valence-corrected chi connectivity index (χ1v) is 7.25. The second kappa shape index (κ2) is 6.40. The van der Waals surface area contributed by atoms with Crippen molar-refractivity contribution in [3.63, 3.8) is 0 Å². The number of hydrogen-bond donors (Lipinski definition) is 0. The van der Waals surface area contributed by atoms with Gasteiger partial charge in [-0.15, -0.1) is 0 Å². The number of fused-ring (bicyclic) bond motifs is 1. The minimum Gasteiger partial charge on any atom is -0.454 e. The van der Waals surface area contributed by atoms with E-state index in [1.54, 1.807) is 24.3 Å². The van der Waals surface area contributed by atoms with Gasteiger partial charge in [0.1, 0.15) is 0 Å². The average molecular weight is 305 g/mol. The summed E-state index contributed by atoms with van der Waals surface area (Å²) in [7, 11) is 0. The predicted molar refractivity (Wildman–Crippen MR) is 87.5 cm³/mol. The van der Waals surface area contributed by atoms with Gasteiger partial charge in [-0.1, -0.05) is 36.4 Å². The summed E-state index contributed by atoms with van der Waals surface area (Å²) in [5.41, 5.74) is 1.68. The molecule has 4 nitrogen and oxygen atoms in total. The third-order valence-corrected chi connectivity index (χ3v) is 3.55.